The molecule has 0 amide bonds. The molecule has 0 radical (unpaired) electrons. The number of aryl methyl sites for hydroxylation is 1. The van der Waals surface area contributed by atoms with Crippen LogP contribution >= 0.6 is 0 Å². The number of benzene rings is 2. The lowest BCUT2D eigenvalue weighted by Crippen LogP contribution is -2.23. The molecule has 1 aromatic heterocycles. The minimum absolute atomic E-state index is 0.689. The van der Waals surface area contributed by atoms with E-state index in [9.17, 15) is 4.55 Å². The van der Waals surface area contributed by atoms with Crippen molar-refractivity contribution in [3.63, 3.8) is 0 Å². The van der Waals surface area contributed by atoms with E-state index in [1.54, 1.807) is 6.26 Å². The van der Waals surface area contributed by atoms with E-state index in [2.05, 4.69) is 24.0 Å². The zero-order valence-corrected chi connectivity index (χ0v) is 14.9. The van der Waals surface area contributed by atoms with E-state index in [0.717, 1.165) is 28.3 Å². The van der Waals surface area contributed by atoms with Gasteiger partial charge in [-0.1, -0.05) is 18.2 Å². The average Bonchev–Trinajstić information content (AvgIpc) is 3.14. The Balaban J connectivity index is 1.78. The lowest BCUT2D eigenvalue weighted by atomic mass is 9.87. The number of rotatable bonds is 1. The van der Waals surface area contributed by atoms with Crippen molar-refractivity contribution >= 4 is 28.4 Å². The molecule has 2 heterocycles. The fourth-order valence-corrected chi connectivity index (χ4v) is 5.36. The molecule has 1 aliphatic heterocycles. The second kappa shape index (κ2) is 5.68. The van der Waals surface area contributed by atoms with E-state index in [-0.39, 0.29) is 0 Å². The lowest BCUT2D eigenvalue weighted by Gasteiger charge is -2.32. The molecule has 126 valence electrons. The molecule has 0 N–H and O–H groups in total. The number of hydrogen-bond donors (Lipinski definition) is 0. The molecule has 3 aromatic rings. The fraction of sp³-hybridized carbons (Fsp3) is 0.238. The molecule has 0 saturated heterocycles. The Morgan fingerprint density at radius 1 is 0.920 bits per heavy atom. The first-order chi connectivity index (χ1) is 12.3. The predicted molar refractivity (Wildman–Crippen MR) is 99.4 cm³/mol. The van der Waals surface area contributed by atoms with E-state index in [0.29, 0.717) is 5.88 Å². The smallest absolute Gasteiger partial charge is 0.261 e. The van der Waals surface area contributed by atoms with Crippen molar-refractivity contribution in [2.75, 3.05) is 4.90 Å². The maximum absolute atomic E-state index is 12.9. The van der Waals surface area contributed by atoms with Crippen molar-refractivity contribution < 1.29 is 8.97 Å². The van der Waals surface area contributed by atoms with Crippen LogP contribution in [0.5, 0.6) is 0 Å². The first-order valence-corrected chi connectivity index (χ1v) is 9.90. The monoisotopic (exact) mass is 349 g/mol. The summed E-state index contributed by atoms with van der Waals surface area (Å²) in [6.07, 6.45) is 6.34. The highest BCUT2D eigenvalue weighted by molar-refractivity contribution is 7.92. The maximum Gasteiger partial charge on any atom is 0.261 e. The Morgan fingerprint density at radius 3 is 2.60 bits per heavy atom. The van der Waals surface area contributed by atoms with Gasteiger partial charge in [0.25, 0.3) is 5.88 Å². The number of anilines is 3. The molecule has 2 aliphatic rings. The summed E-state index contributed by atoms with van der Waals surface area (Å²) in [4.78, 5) is 3.76. The Labute approximate surface area is 150 Å². The van der Waals surface area contributed by atoms with Crippen LogP contribution in [0.1, 0.15) is 29.5 Å². The summed E-state index contributed by atoms with van der Waals surface area (Å²) in [5.74, 6) is 0.689. The van der Waals surface area contributed by atoms with Gasteiger partial charge in [-0.15, -0.1) is 0 Å². The minimum atomic E-state index is -1.19. The Hall–Kier alpha value is -2.17. The van der Waals surface area contributed by atoms with Gasteiger partial charge in [0.1, 0.15) is 5.69 Å². The topological polar surface area (TPSA) is 39.4 Å². The van der Waals surface area contributed by atoms with E-state index in [1.807, 2.05) is 30.3 Å². The van der Waals surface area contributed by atoms with Gasteiger partial charge < -0.3 is 8.97 Å². The largest absolute Gasteiger partial charge is 0.606 e. The van der Waals surface area contributed by atoms with Crippen molar-refractivity contribution in [2.45, 2.75) is 42.4 Å². The maximum atomic E-state index is 12.9. The third-order valence-corrected chi connectivity index (χ3v) is 6.76. The fourth-order valence-electron chi connectivity index (χ4n) is 4.10. The normalized spacial score (nSPS) is 18.5. The minimum Gasteiger partial charge on any atom is -0.606 e. The SMILES string of the molecule is Cc1ccc(N2c3ccccc3[S+]([O-])c3ccoc32)c2c1CCCC2. The summed E-state index contributed by atoms with van der Waals surface area (Å²) in [6, 6.07) is 14.2. The van der Waals surface area contributed by atoms with Gasteiger partial charge in [0.05, 0.1) is 12.0 Å². The Morgan fingerprint density at radius 2 is 1.72 bits per heavy atom. The summed E-state index contributed by atoms with van der Waals surface area (Å²) >= 11 is -1.19. The van der Waals surface area contributed by atoms with Crippen molar-refractivity contribution in [3.05, 3.63) is 65.4 Å². The zero-order valence-electron chi connectivity index (χ0n) is 14.1. The third kappa shape index (κ3) is 2.17. The quantitative estimate of drug-likeness (QED) is 0.551. The van der Waals surface area contributed by atoms with Gasteiger partial charge in [0, 0.05) is 17.2 Å². The van der Waals surface area contributed by atoms with Crippen LogP contribution < -0.4 is 4.90 Å². The van der Waals surface area contributed by atoms with Crippen molar-refractivity contribution in [3.8, 4) is 0 Å². The van der Waals surface area contributed by atoms with Crippen molar-refractivity contribution in [2.24, 2.45) is 0 Å². The van der Waals surface area contributed by atoms with Gasteiger partial charge in [-0.25, -0.2) is 0 Å². The van der Waals surface area contributed by atoms with Crippen LogP contribution in [0.25, 0.3) is 0 Å². The molecule has 5 rings (SSSR count). The van der Waals surface area contributed by atoms with Crippen LogP contribution in [0, 0.1) is 6.92 Å². The van der Waals surface area contributed by atoms with Gasteiger partial charge in [0.15, 0.2) is 4.90 Å². The van der Waals surface area contributed by atoms with Crippen LogP contribution in [-0.2, 0) is 24.0 Å². The summed E-state index contributed by atoms with van der Waals surface area (Å²) < 4.78 is 18.7. The van der Waals surface area contributed by atoms with Gasteiger partial charge in [-0.3, -0.25) is 4.90 Å². The van der Waals surface area contributed by atoms with E-state index >= 15 is 0 Å². The molecule has 2 aromatic carbocycles. The molecule has 0 spiro atoms. The standard InChI is InChI=1S/C21H19NO2S/c1-14-10-11-17(16-7-3-2-6-15(14)16)22-18-8-4-5-9-19(18)25(23)20-12-13-24-21(20)22/h4-5,8-13H,2-3,6-7H2,1H3. The predicted octanol–water partition coefficient (Wildman–Crippen LogP) is 5.42. The summed E-state index contributed by atoms with van der Waals surface area (Å²) in [5, 5.41) is 0. The highest BCUT2D eigenvalue weighted by Crippen LogP contribution is 2.50. The average molecular weight is 349 g/mol. The number of nitrogens with zero attached hydrogens (tertiary/aromatic N) is 1. The number of fused-ring (bicyclic) bond motifs is 3. The van der Waals surface area contributed by atoms with Crippen LogP contribution in [0.4, 0.5) is 17.3 Å². The van der Waals surface area contributed by atoms with Gasteiger partial charge in [-0.2, -0.15) is 0 Å². The first kappa shape index (κ1) is 15.1. The molecular formula is C21H19NO2S. The molecule has 0 fully saturated rings. The van der Waals surface area contributed by atoms with Gasteiger partial charge in [-0.05, 0) is 67.5 Å². The van der Waals surface area contributed by atoms with Crippen LogP contribution in [-0.4, -0.2) is 4.55 Å². The van der Waals surface area contributed by atoms with Crippen LogP contribution in [0.3, 0.4) is 0 Å². The van der Waals surface area contributed by atoms with E-state index in [4.69, 9.17) is 4.42 Å². The molecule has 0 bridgehead atoms. The number of furan rings is 1. The van der Waals surface area contributed by atoms with Gasteiger partial charge in [0.2, 0.25) is 4.90 Å². The molecule has 1 aliphatic carbocycles. The molecule has 25 heavy (non-hydrogen) atoms. The molecule has 0 saturated carbocycles. The summed E-state index contributed by atoms with van der Waals surface area (Å²) in [6.45, 7) is 2.20. The lowest BCUT2D eigenvalue weighted by molar-refractivity contribution is 0.557. The second-order valence-corrected chi connectivity index (χ2v) is 8.14. The summed E-state index contributed by atoms with van der Waals surface area (Å²) in [5.41, 5.74) is 6.38. The van der Waals surface area contributed by atoms with Crippen molar-refractivity contribution in [1.82, 2.24) is 0 Å². The number of para-hydroxylation sites is 1. The van der Waals surface area contributed by atoms with E-state index < -0.39 is 11.2 Å². The second-order valence-electron chi connectivity index (χ2n) is 6.73. The first-order valence-electron chi connectivity index (χ1n) is 8.75. The van der Waals surface area contributed by atoms with E-state index in [1.165, 1.54) is 35.2 Å². The number of hydrogen-bond acceptors (Lipinski definition) is 3. The van der Waals surface area contributed by atoms with Crippen LogP contribution in [0.15, 0.2) is 62.9 Å². The van der Waals surface area contributed by atoms with Crippen LogP contribution in [0.2, 0.25) is 0 Å². The molecule has 3 nitrogen and oxygen atoms in total. The third-order valence-electron chi connectivity index (χ3n) is 5.30. The molecular weight excluding hydrogens is 330 g/mol. The zero-order chi connectivity index (χ0) is 17.0. The summed E-state index contributed by atoms with van der Waals surface area (Å²) in [7, 11) is 0. The molecule has 4 heteroatoms. The molecule has 1 atom stereocenters. The van der Waals surface area contributed by atoms with Crippen molar-refractivity contribution in [1.29, 1.82) is 0 Å². The molecule has 1 unspecified atom stereocenters. The Bertz CT molecular complexity index is 962. The Kier molecular flexibility index (Phi) is 3.43. The van der Waals surface area contributed by atoms with Gasteiger partial charge >= 0.3 is 0 Å². The highest BCUT2D eigenvalue weighted by Gasteiger charge is 2.38. The highest BCUT2D eigenvalue weighted by atomic mass is 32.2.